The van der Waals surface area contributed by atoms with E-state index in [2.05, 4.69) is 66.0 Å². The molecule has 0 saturated carbocycles. The first kappa shape index (κ1) is 13.8. The first-order chi connectivity index (χ1) is 10.2. The SMILES string of the molecule is CC=C1CCCN(c2ncnc3ccc(C)cc23)C1=CC. The first-order valence-electron chi connectivity index (χ1n) is 7.55. The molecular weight excluding hydrogens is 258 g/mol. The molecule has 1 aromatic heterocycles. The number of rotatable bonds is 1. The van der Waals surface area contributed by atoms with E-state index in [1.54, 1.807) is 6.33 Å². The van der Waals surface area contributed by atoms with E-state index in [0.717, 1.165) is 36.1 Å². The van der Waals surface area contributed by atoms with E-state index in [4.69, 9.17) is 0 Å². The molecule has 1 aromatic carbocycles. The van der Waals surface area contributed by atoms with E-state index in [9.17, 15) is 0 Å². The molecule has 3 heteroatoms. The highest BCUT2D eigenvalue weighted by atomic mass is 15.2. The Labute approximate surface area is 126 Å². The van der Waals surface area contributed by atoms with Crippen molar-refractivity contribution in [2.75, 3.05) is 11.4 Å². The molecule has 0 N–H and O–H groups in total. The van der Waals surface area contributed by atoms with Crippen molar-refractivity contribution in [2.45, 2.75) is 33.6 Å². The molecule has 2 aromatic rings. The molecule has 21 heavy (non-hydrogen) atoms. The van der Waals surface area contributed by atoms with Gasteiger partial charge in [0.15, 0.2) is 0 Å². The second kappa shape index (κ2) is 5.68. The fourth-order valence-electron chi connectivity index (χ4n) is 3.07. The fraction of sp³-hybridized carbons (Fsp3) is 0.333. The van der Waals surface area contributed by atoms with Gasteiger partial charge in [0.1, 0.15) is 12.1 Å². The van der Waals surface area contributed by atoms with E-state index in [0.29, 0.717) is 0 Å². The Morgan fingerprint density at radius 3 is 2.76 bits per heavy atom. The van der Waals surface area contributed by atoms with Crippen molar-refractivity contribution in [3.05, 3.63) is 53.5 Å². The van der Waals surface area contributed by atoms with Gasteiger partial charge in [-0.15, -0.1) is 0 Å². The lowest BCUT2D eigenvalue weighted by atomic mass is 9.99. The van der Waals surface area contributed by atoms with Gasteiger partial charge in [-0.1, -0.05) is 23.8 Å². The summed E-state index contributed by atoms with van der Waals surface area (Å²) in [4.78, 5) is 11.3. The fourth-order valence-corrected chi connectivity index (χ4v) is 3.07. The molecule has 0 spiro atoms. The van der Waals surface area contributed by atoms with Gasteiger partial charge in [0.25, 0.3) is 0 Å². The van der Waals surface area contributed by atoms with Gasteiger partial charge in [0, 0.05) is 17.6 Å². The van der Waals surface area contributed by atoms with Crippen molar-refractivity contribution >= 4 is 16.7 Å². The minimum absolute atomic E-state index is 1.01. The number of benzene rings is 1. The lowest BCUT2D eigenvalue weighted by Gasteiger charge is -2.33. The van der Waals surface area contributed by atoms with Crippen molar-refractivity contribution in [3.8, 4) is 0 Å². The Morgan fingerprint density at radius 2 is 2.00 bits per heavy atom. The van der Waals surface area contributed by atoms with Crippen LogP contribution in [-0.4, -0.2) is 16.5 Å². The number of aryl methyl sites for hydroxylation is 1. The van der Waals surface area contributed by atoms with Gasteiger partial charge in [0.2, 0.25) is 0 Å². The normalized spacial score (nSPS) is 19.7. The molecule has 3 nitrogen and oxygen atoms in total. The summed E-state index contributed by atoms with van der Waals surface area (Å²) in [6.45, 7) is 7.34. The highest BCUT2D eigenvalue weighted by Crippen LogP contribution is 2.33. The first-order valence-corrected chi connectivity index (χ1v) is 7.55. The van der Waals surface area contributed by atoms with E-state index < -0.39 is 0 Å². The van der Waals surface area contributed by atoms with Crippen LogP contribution in [0.25, 0.3) is 10.9 Å². The number of aromatic nitrogens is 2. The van der Waals surface area contributed by atoms with Gasteiger partial charge in [-0.2, -0.15) is 0 Å². The molecule has 3 rings (SSSR count). The maximum Gasteiger partial charge on any atom is 0.144 e. The Balaban J connectivity index is 2.17. The van der Waals surface area contributed by atoms with Crippen LogP contribution in [-0.2, 0) is 0 Å². The second-order valence-corrected chi connectivity index (χ2v) is 5.46. The van der Waals surface area contributed by atoms with Crippen LogP contribution in [0.15, 0.2) is 47.9 Å². The Hall–Kier alpha value is -2.16. The summed E-state index contributed by atoms with van der Waals surface area (Å²) in [7, 11) is 0. The molecule has 1 aliphatic heterocycles. The van der Waals surface area contributed by atoms with Gasteiger partial charge in [-0.3, -0.25) is 0 Å². The van der Waals surface area contributed by atoms with E-state index in [-0.39, 0.29) is 0 Å². The maximum absolute atomic E-state index is 4.59. The molecule has 0 radical (unpaired) electrons. The van der Waals surface area contributed by atoms with Crippen LogP contribution in [0, 0.1) is 6.92 Å². The standard InChI is InChI=1S/C18H21N3/c1-4-14-7-6-10-21(17(14)5-2)18-15-11-13(3)8-9-16(15)19-12-20-18/h4-5,8-9,11-12H,6-7,10H2,1-3H3. The summed E-state index contributed by atoms with van der Waals surface area (Å²) in [6.07, 6.45) is 8.39. The number of hydrogen-bond acceptors (Lipinski definition) is 3. The van der Waals surface area contributed by atoms with Crippen LogP contribution < -0.4 is 4.90 Å². The van der Waals surface area contributed by atoms with Gasteiger partial charge >= 0.3 is 0 Å². The monoisotopic (exact) mass is 279 g/mol. The van der Waals surface area contributed by atoms with Crippen molar-refractivity contribution in [1.82, 2.24) is 9.97 Å². The van der Waals surface area contributed by atoms with Crippen LogP contribution in [0.2, 0.25) is 0 Å². The minimum Gasteiger partial charge on any atom is -0.326 e. The smallest absolute Gasteiger partial charge is 0.144 e. The zero-order valence-electron chi connectivity index (χ0n) is 12.9. The van der Waals surface area contributed by atoms with Crippen molar-refractivity contribution in [2.24, 2.45) is 0 Å². The number of allylic oxidation sites excluding steroid dienone is 3. The van der Waals surface area contributed by atoms with Crippen molar-refractivity contribution in [3.63, 3.8) is 0 Å². The molecule has 0 atom stereocenters. The van der Waals surface area contributed by atoms with Crippen LogP contribution in [0.1, 0.15) is 32.3 Å². The van der Waals surface area contributed by atoms with Gasteiger partial charge < -0.3 is 4.90 Å². The highest BCUT2D eigenvalue weighted by molar-refractivity contribution is 5.91. The zero-order valence-corrected chi connectivity index (χ0v) is 12.9. The lowest BCUT2D eigenvalue weighted by molar-refractivity contribution is 0.721. The third kappa shape index (κ3) is 2.44. The van der Waals surface area contributed by atoms with Crippen molar-refractivity contribution in [1.29, 1.82) is 0 Å². The lowest BCUT2D eigenvalue weighted by Crippen LogP contribution is -2.30. The molecule has 0 unspecified atom stereocenters. The van der Waals surface area contributed by atoms with Gasteiger partial charge in [-0.05, 0) is 51.3 Å². The quantitative estimate of drug-likeness (QED) is 0.775. The number of hydrogen-bond donors (Lipinski definition) is 0. The zero-order chi connectivity index (χ0) is 14.8. The number of fused-ring (bicyclic) bond motifs is 1. The average molecular weight is 279 g/mol. The third-order valence-corrected chi connectivity index (χ3v) is 4.09. The predicted octanol–water partition coefficient (Wildman–Crippen LogP) is 4.39. The Bertz CT molecular complexity index is 728. The largest absolute Gasteiger partial charge is 0.326 e. The summed E-state index contributed by atoms with van der Waals surface area (Å²) < 4.78 is 0. The van der Waals surface area contributed by atoms with E-state index >= 15 is 0 Å². The maximum atomic E-state index is 4.59. The molecule has 1 fully saturated rings. The minimum atomic E-state index is 1.01. The number of piperidine rings is 1. The molecule has 2 heterocycles. The summed E-state index contributed by atoms with van der Waals surface area (Å²) in [5.74, 6) is 1.02. The molecule has 1 saturated heterocycles. The molecular formula is C18H21N3. The Kier molecular flexibility index (Phi) is 3.74. The predicted molar refractivity (Wildman–Crippen MR) is 88.4 cm³/mol. The molecule has 0 amide bonds. The topological polar surface area (TPSA) is 29.0 Å². The van der Waals surface area contributed by atoms with Crippen LogP contribution >= 0.6 is 0 Å². The summed E-state index contributed by atoms with van der Waals surface area (Å²) in [5.41, 5.74) is 4.94. The van der Waals surface area contributed by atoms with E-state index in [1.165, 1.54) is 16.8 Å². The molecule has 0 aliphatic carbocycles. The van der Waals surface area contributed by atoms with Crippen LogP contribution in [0.4, 0.5) is 5.82 Å². The number of nitrogens with zero attached hydrogens (tertiary/aromatic N) is 3. The van der Waals surface area contributed by atoms with Crippen LogP contribution in [0.5, 0.6) is 0 Å². The molecule has 1 aliphatic rings. The van der Waals surface area contributed by atoms with Crippen molar-refractivity contribution < 1.29 is 0 Å². The van der Waals surface area contributed by atoms with Crippen LogP contribution in [0.3, 0.4) is 0 Å². The average Bonchev–Trinajstić information content (AvgIpc) is 2.53. The van der Waals surface area contributed by atoms with Gasteiger partial charge in [0.05, 0.1) is 5.52 Å². The third-order valence-electron chi connectivity index (χ3n) is 4.09. The highest BCUT2D eigenvalue weighted by Gasteiger charge is 2.22. The summed E-state index contributed by atoms with van der Waals surface area (Å²) in [5, 5.41) is 1.13. The summed E-state index contributed by atoms with van der Waals surface area (Å²) >= 11 is 0. The second-order valence-electron chi connectivity index (χ2n) is 5.46. The molecule has 108 valence electrons. The van der Waals surface area contributed by atoms with E-state index in [1.807, 2.05) is 0 Å². The number of anilines is 1. The Morgan fingerprint density at radius 1 is 1.14 bits per heavy atom. The molecule has 0 bridgehead atoms. The summed E-state index contributed by atoms with van der Waals surface area (Å²) in [6, 6.07) is 6.36. The van der Waals surface area contributed by atoms with Gasteiger partial charge in [-0.25, -0.2) is 9.97 Å².